The van der Waals surface area contributed by atoms with Crippen molar-refractivity contribution in [2.75, 3.05) is 36.5 Å². The van der Waals surface area contributed by atoms with Crippen LogP contribution in [0, 0.1) is 0 Å². The third-order valence-electron chi connectivity index (χ3n) is 5.00. The van der Waals surface area contributed by atoms with Gasteiger partial charge in [0, 0.05) is 24.3 Å². The third-order valence-corrected chi connectivity index (χ3v) is 7.87. The minimum Gasteiger partial charge on any atom is -0.302 e. The van der Waals surface area contributed by atoms with Crippen LogP contribution in [-0.2, 0) is 24.2 Å². The monoisotopic (exact) mass is 468 g/mol. The average molecular weight is 469 g/mol. The second-order valence-electron chi connectivity index (χ2n) is 6.80. The predicted molar refractivity (Wildman–Crippen MR) is 124 cm³/mol. The zero-order chi connectivity index (χ0) is 21.5. The topological polar surface area (TPSA) is 93.0 Å². The molecule has 11 heteroatoms. The first-order valence-corrected chi connectivity index (χ1v) is 13.1. The molecule has 0 saturated heterocycles. The Morgan fingerprint density at radius 1 is 1.20 bits per heavy atom. The number of nitrogens with one attached hydrogen (secondary N) is 1. The minimum atomic E-state index is -0.212. The Morgan fingerprint density at radius 2 is 2.00 bits per heavy atom. The van der Waals surface area contributed by atoms with Gasteiger partial charge in [-0.1, -0.05) is 55.6 Å². The molecule has 0 fully saturated rings. The van der Waals surface area contributed by atoms with Gasteiger partial charge < -0.3 is 4.90 Å². The molecular weight excluding hydrogens is 440 g/mol. The van der Waals surface area contributed by atoms with Gasteiger partial charge >= 0.3 is 5.69 Å². The number of carbonyl (C=O) groups is 1. The van der Waals surface area contributed by atoms with E-state index in [0.29, 0.717) is 16.7 Å². The van der Waals surface area contributed by atoms with E-state index in [0.717, 1.165) is 60.2 Å². The molecular formula is C19H28N6O2S3. The number of nitrogens with zero attached hydrogens (tertiary/aromatic N) is 5. The van der Waals surface area contributed by atoms with E-state index in [-0.39, 0.29) is 17.3 Å². The molecule has 0 bridgehead atoms. The smallest absolute Gasteiger partial charge is 0.302 e. The highest BCUT2D eigenvalue weighted by Gasteiger charge is 2.23. The number of hydrogen-bond donors (Lipinski definition) is 1. The van der Waals surface area contributed by atoms with Crippen LogP contribution in [-0.4, -0.2) is 61.7 Å². The van der Waals surface area contributed by atoms with Crippen molar-refractivity contribution in [3.63, 3.8) is 0 Å². The molecule has 0 aromatic carbocycles. The van der Waals surface area contributed by atoms with Crippen molar-refractivity contribution in [3.8, 4) is 0 Å². The Bertz CT molecular complexity index is 925. The zero-order valence-electron chi connectivity index (χ0n) is 17.6. The number of rotatable bonds is 11. The molecule has 1 amide bonds. The zero-order valence-corrected chi connectivity index (χ0v) is 20.1. The largest absolute Gasteiger partial charge is 0.348 e. The lowest BCUT2D eigenvalue weighted by Crippen LogP contribution is -2.34. The Labute approximate surface area is 189 Å². The van der Waals surface area contributed by atoms with E-state index < -0.39 is 0 Å². The van der Waals surface area contributed by atoms with E-state index >= 15 is 0 Å². The number of carbonyl (C=O) groups excluding carboxylic acids is 1. The molecule has 2 heterocycles. The number of fused-ring (bicyclic) bond motifs is 1. The summed E-state index contributed by atoms with van der Waals surface area (Å²) in [6.45, 7) is 9.75. The summed E-state index contributed by atoms with van der Waals surface area (Å²) in [5.41, 5.74) is 2.01. The number of hydrogen-bond acceptors (Lipinski definition) is 9. The number of amides is 1. The first-order chi connectivity index (χ1) is 14.5. The molecule has 1 aliphatic rings. The van der Waals surface area contributed by atoms with Crippen LogP contribution in [0.4, 0.5) is 5.13 Å². The summed E-state index contributed by atoms with van der Waals surface area (Å²) in [6.07, 6.45) is 2.83. The average Bonchev–Trinajstić information content (AvgIpc) is 3.38. The number of aromatic nitrogens is 4. The summed E-state index contributed by atoms with van der Waals surface area (Å²) < 4.78 is 2.67. The lowest BCUT2D eigenvalue weighted by atomic mass is 10.2. The molecule has 8 nitrogen and oxygen atoms in total. The first-order valence-electron chi connectivity index (χ1n) is 10.3. The van der Waals surface area contributed by atoms with Gasteiger partial charge in [0.15, 0.2) is 4.34 Å². The predicted octanol–water partition coefficient (Wildman–Crippen LogP) is 2.77. The maximum atomic E-state index is 12.7. The van der Waals surface area contributed by atoms with E-state index in [4.69, 9.17) is 0 Å². The van der Waals surface area contributed by atoms with Crippen molar-refractivity contribution in [2.45, 2.75) is 55.9 Å². The lowest BCUT2D eigenvalue weighted by molar-refractivity contribution is -0.113. The highest BCUT2D eigenvalue weighted by Crippen LogP contribution is 2.30. The Hall–Kier alpha value is -1.43. The molecule has 0 spiro atoms. The normalized spacial score (nSPS) is 13.1. The summed E-state index contributed by atoms with van der Waals surface area (Å²) in [5.74, 6) is 0.942. The van der Waals surface area contributed by atoms with Crippen LogP contribution in [0.15, 0.2) is 14.2 Å². The van der Waals surface area contributed by atoms with Crippen molar-refractivity contribution in [1.82, 2.24) is 24.6 Å². The van der Waals surface area contributed by atoms with Gasteiger partial charge in [-0.25, -0.2) is 4.79 Å². The quantitative estimate of drug-likeness (QED) is 0.306. The molecule has 1 N–H and O–H groups in total. The molecule has 1 aliphatic carbocycles. The Kier molecular flexibility index (Phi) is 8.72. The summed E-state index contributed by atoms with van der Waals surface area (Å²) in [7, 11) is 0. The first kappa shape index (κ1) is 23.2. The van der Waals surface area contributed by atoms with Gasteiger partial charge in [0.25, 0.3) is 0 Å². The van der Waals surface area contributed by atoms with Crippen molar-refractivity contribution in [3.05, 3.63) is 21.7 Å². The molecule has 2 aromatic heterocycles. The molecule has 0 atom stereocenters. The van der Waals surface area contributed by atoms with Crippen molar-refractivity contribution >= 4 is 45.9 Å². The van der Waals surface area contributed by atoms with Gasteiger partial charge in [-0.15, -0.1) is 10.2 Å². The minimum absolute atomic E-state index is 0.163. The van der Waals surface area contributed by atoms with Crippen molar-refractivity contribution in [2.24, 2.45) is 0 Å². The maximum Gasteiger partial charge on any atom is 0.348 e. The van der Waals surface area contributed by atoms with Gasteiger partial charge in [0.2, 0.25) is 11.0 Å². The van der Waals surface area contributed by atoms with Crippen LogP contribution < -0.4 is 11.0 Å². The molecule has 2 aromatic rings. The highest BCUT2D eigenvalue weighted by atomic mass is 32.2. The van der Waals surface area contributed by atoms with Gasteiger partial charge in [-0.3, -0.25) is 14.7 Å². The van der Waals surface area contributed by atoms with Crippen molar-refractivity contribution in [1.29, 1.82) is 0 Å². The van der Waals surface area contributed by atoms with Crippen molar-refractivity contribution < 1.29 is 4.79 Å². The van der Waals surface area contributed by atoms with Gasteiger partial charge in [0.1, 0.15) is 5.03 Å². The molecule has 0 unspecified atom stereocenters. The van der Waals surface area contributed by atoms with Crippen LogP contribution in [0.1, 0.15) is 38.4 Å². The van der Waals surface area contributed by atoms with Crippen LogP contribution in [0.3, 0.4) is 0 Å². The fourth-order valence-electron chi connectivity index (χ4n) is 3.45. The molecule has 0 saturated carbocycles. The van der Waals surface area contributed by atoms with Gasteiger partial charge in [0.05, 0.1) is 5.75 Å². The summed E-state index contributed by atoms with van der Waals surface area (Å²) >= 11 is 4.30. The van der Waals surface area contributed by atoms with E-state index in [2.05, 4.69) is 39.2 Å². The van der Waals surface area contributed by atoms with Crippen LogP contribution in [0.5, 0.6) is 0 Å². The van der Waals surface area contributed by atoms with Crippen LogP contribution >= 0.6 is 34.9 Å². The second-order valence-corrected chi connectivity index (χ2v) is 10.3. The maximum absolute atomic E-state index is 12.7. The molecule has 0 radical (unpaired) electrons. The van der Waals surface area contributed by atoms with Crippen LogP contribution in [0.2, 0.25) is 0 Å². The summed E-state index contributed by atoms with van der Waals surface area (Å²) in [6, 6.07) is 0. The van der Waals surface area contributed by atoms with Gasteiger partial charge in [-0.2, -0.15) is 4.98 Å². The molecule has 30 heavy (non-hydrogen) atoms. The second kappa shape index (κ2) is 11.3. The Balaban J connectivity index is 1.65. The van der Waals surface area contributed by atoms with E-state index in [1.54, 1.807) is 11.8 Å². The third kappa shape index (κ3) is 5.83. The number of anilines is 1. The van der Waals surface area contributed by atoms with E-state index in [1.165, 1.54) is 23.1 Å². The Morgan fingerprint density at radius 3 is 2.73 bits per heavy atom. The summed E-state index contributed by atoms with van der Waals surface area (Å²) in [4.78, 5) is 31.7. The fraction of sp³-hybridized carbons (Fsp3) is 0.632. The summed E-state index contributed by atoms with van der Waals surface area (Å²) in [5, 5.41) is 12.0. The van der Waals surface area contributed by atoms with E-state index in [1.807, 2.05) is 11.5 Å². The molecule has 3 rings (SSSR count). The molecule has 0 aliphatic heterocycles. The van der Waals surface area contributed by atoms with E-state index in [9.17, 15) is 9.59 Å². The molecule has 164 valence electrons. The number of thioether (sulfide) groups is 2. The fourth-order valence-corrected chi connectivity index (χ4v) is 5.99. The number of likely N-dealkylation sites (N-methyl/N-ethyl adjacent to an activating group) is 1. The van der Waals surface area contributed by atoms with Gasteiger partial charge in [-0.05, 0) is 38.1 Å². The SMILES string of the molecule is CCSc1nnc(NC(=O)CSc2nc(=O)n(CCN(CC)CC)c3c2CCC3)s1. The standard InChI is InChI=1S/C19H28N6O2S3/c1-4-24(5-2)10-11-25-14-9-7-8-13(14)16(21-18(25)27)29-12-15(26)20-17-22-23-19(30-17)28-6-3/h4-12H2,1-3H3,(H,20,22,26). The highest BCUT2D eigenvalue weighted by molar-refractivity contribution is 8.01. The van der Waals surface area contributed by atoms with Crippen LogP contribution in [0.25, 0.3) is 0 Å². The lowest BCUT2D eigenvalue weighted by Gasteiger charge is -2.20.